The highest BCUT2D eigenvalue weighted by molar-refractivity contribution is 7.20. The lowest BCUT2D eigenvalue weighted by Gasteiger charge is -2.12. The Labute approximate surface area is 103 Å². The van der Waals surface area contributed by atoms with Crippen LogP contribution in [0.15, 0.2) is 22.9 Å². The molecule has 2 heterocycles. The third-order valence-corrected chi connectivity index (χ3v) is 4.13. The topological polar surface area (TPSA) is 36.4 Å². The summed E-state index contributed by atoms with van der Waals surface area (Å²) in [7, 11) is 1.99. The third kappa shape index (κ3) is 2.89. The van der Waals surface area contributed by atoms with Crippen molar-refractivity contribution in [3.8, 4) is 9.88 Å². The molecule has 0 spiro atoms. The molecule has 5 heteroatoms. The van der Waals surface area contributed by atoms with E-state index in [-0.39, 0.29) is 6.61 Å². The van der Waals surface area contributed by atoms with Gasteiger partial charge in [-0.15, -0.1) is 22.7 Å². The van der Waals surface area contributed by atoms with Crippen molar-refractivity contribution < 1.29 is 5.11 Å². The smallest absolute Gasteiger partial charge is 0.133 e. The van der Waals surface area contributed by atoms with Crippen LogP contribution < -0.4 is 0 Å². The molecule has 3 nitrogen and oxygen atoms in total. The Morgan fingerprint density at radius 1 is 1.44 bits per heavy atom. The standard InChI is InChI=1S/C11H14N2OS2/c1-13(4-5-14)7-9-8-16-11(12-9)10-3-2-6-15-10/h2-3,6,8,14H,4-5,7H2,1H3. The van der Waals surface area contributed by atoms with Crippen molar-refractivity contribution in [2.75, 3.05) is 20.2 Å². The maximum atomic E-state index is 8.81. The summed E-state index contributed by atoms with van der Waals surface area (Å²) in [5.41, 5.74) is 1.07. The highest BCUT2D eigenvalue weighted by atomic mass is 32.1. The normalized spacial score (nSPS) is 11.2. The first-order valence-electron chi connectivity index (χ1n) is 5.07. The zero-order valence-electron chi connectivity index (χ0n) is 9.09. The van der Waals surface area contributed by atoms with Crippen LogP contribution >= 0.6 is 22.7 Å². The number of nitrogens with zero attached hydrogens (tertiary/aromatic N) is 2. The minimum absolute atomic E-state index is 0.193. The van der Waals surface area contributed by atoms with Crippen LogP contribution in [-0.2, 0) is 6.54 Å². The second-order valence-electron chi connectivity index (χ2n) is 3.58. The molecule has 0 unspecified atom stereocenters. The maximum absolute atomic E-state index is 8.81. The van der Waals surface area contributed by atoms with Gasteiger partial charge in [0, 0.05) is 18.5 Å². The number of likely N-dealkylation sites (N-methyl/N-ethyl adjacent to an activating group) is 1. The number of rotatable bonds is 5. The summed E-state index contributed by atoms with van der Waals surface area (Å²) < 4.78 is 0. The number of hydrogen-bond donors (Lipinski definition) is 1. The molecule has 0 fully saturated rings. The first-order valence-corrected chi connectivity index (χ1v) is 6.83. The van der Waals surface area contributed by atoms with Gasteiger partial charge in [-0.3, -0.25) is 4.90 Å². The second-order valence-corrected chi connectivity index (χ2v) is 5.39. The van der Waals surface area contributed by atoms with E-state index in [0.717, 1.165) is 17.2 Å². The van der Waals surface area contributed by atoms with Crippen LogP contribution in [0.25, 0.3) is 9.88 Å². The van der Waals surface area contributed by atoms with Gasteiger partial charge >= 0.3 is 0 Å². The van der Waals surface area contributed by atoms with Crippen LogP contribution in [0.3, 0.4) is 0 Å². The molecular formula is C11H14N2OS2. The van der Waals surface area contributed by atoms with Gasteiger partial charge in [0.05, 0.1) is 17.2 Å². The number of thiazole rings is 1. The second kappa shape index (κ2) is 5.54. The summed E-state index contributed by atoms with van der Waals surface area (Å²) in [4.78, 5) is 7.87. The van der Waals surface area contributed by atoms with Crippen molar-refractivity contribution in [3.05, 3.63) is 28.6 Å². The highest BCUT2D eigenvalue weighted by Gasteiger charge is 2.07. The van der Waals surface area contributed by atoms with Gasteiger partial charge in [-0.1, -0.05) is 6.07 Å². The molecule has 2 rings (SSSR count). The summed E-state index contributed by atoms with van der Waals surface area (Å²) in [6.07, 6.45) is 0. The van der Waals surface area contributed by atoms with E-state index < -0.39 is 0 Å². The van der Waals surface area contributed by atoms with E-state index in [9.17, 15) is 0 Å². The lowest BCUT2D eigenvalue weighted by molar-refractivity contribution is 0.216. The zero-order valence-corrected chi connectivity index (χ0v) is 10.7. The predicted molar refractivity (Wildman–Crippen MR) is 68.8 cm³/mol. The number of thiophene rings is 1. The molecule has 2 aromatic heterocycles. The Morgan fingerprint density at radius 3 is 3.00 bits per heavy atom. The van der Waals surface area contributed by atoms with Crippen LogP contribution in [0.1, 0.15) is 5.69 Å². The van der Waals surface area contributed by atoms with E-state index in [0.29, 0.717) is 6.54 Å². The molecule has 0 bridgehead atoms. The molecule has 0 aliphatic heterocycles. The van der Waals surface area contributed by atoms with E-state index in [4.69, 9.17) is 5.11 Å². The van der Waals surface area contributed by atoms with Gasteiger partial charge in [-0.25, -0.2) is 4.98 Å². The molecule has 0 amide bonds. The van der Waals surface area contributed by atoms with E-state index in [1.807, 2.05) is 13.1 Å². The molecule has 0 atom stereocenters. The van der Waals surface area contributed by atoms with Gasteiger partial charge in [0.25, 0.3) is 0 Å². The first kappa shape index (κ1) is 11.7. The average molecular weight is 254 g/mol. The molecule has 2 aromatic rings. The predicted octanol–water partition coefficient (Wildman–Crippen LogP) is 2.30. The third-order valence-electron chi connectivity index (χ3n) is 2.20. The summed E-state index contributed by atoms with van der Waals surface area (Å²) >= 11 is 3.39. The Kier molecular flexibility index (Phi) is 4.06. The molecule has 0 aliphatic carbocycles. The minimum Gasteiger partial charge on any atom is -0.395 e. The van der Waals surface area contributed by atoms with Crippen molar-refractivity contribution >= 4 is 22.7 Å². The Balaban J connectivity index is 2.03. The summed E-state index contributed by atoms with van der Waals surface area (Å²) in [6.45, 7) is 1.67. The van der Waals surface area contributed by atoms with Gasteiger partial charge < -0.3 is 5.11 Å². The lowest BCUT2D eigenvalue weighted by atomic mass is 10.4. The van der Waals surface area contributed by atoms with Crippen LogP contribution in [0.4, 0.5) is 0 Å². The number of aliphatic hydroxyl groups is 1. The maximum Gasteiger partial charge on any atom is 0.133 e. The molecule has 0 aliphatic rings. The molecule has 0 saturated carbocycles. The number of aromatic nitrogens is 1. The van der Waals surface area contributed by atoms with Gasteiger partial charge in [0.1, 0.15) is 5.01 Å². The quantitative estimate of drug-likeness (QED) is 0.889. The van der Waals surface area contributed by atoms with Gasteiger partial charge in [-0.2, -0.15) is 0 Å². The van der Waals surface area contributed by atoms with Gasteiger partial charge in [0.2, 0.25) is 0 Å². The van der Waals surface area contributed by atoms with Gasteiger partial charge in [-0.05, 0) is 18.5 Å². The molecule has 0 saturated heterocycles. The van der Waals surface area contributed by atoms with Gasteiger partial charge in [0.15, 0.2) is 0 Å². The lowest BCUT2D eigenvalue weighted by Crippen LogP contribution is -2.21. The largest absolute Gasteiger partial charge is 0.395 e. The zero-order chi connectivity index (χ0) is 11.4. The van der Waals surface area contributed by atoms with Crippen LogP contribution in [0.5, 0.6) is 0 Å². The fourth-order valence-electron chi connectivity index (χ4n) is 1.42. The van der Waals surface area contributed by atoms with Crippen molar-refractivity contribution in [1.29, 1.82) is 0 Å². The van der Waals surface area contributed by atoms with E-state index in [2.05, 4.69) is 26.7 Å². The average Bonchev–Trinajstić information content (AvgIpc) is 2.86. The summed E-state index contributed by atoms with van der Waals surface area (Å²) in [5.74, 6) is 0. The van der Waals surface area contributed by atoms with Crippen LogP contribution in [-0.4, -0.2) is 35.2 Å². The fourth-order valence-corrected chi connectivity index (χ4v) is 3.04. The molecule has 86 valence electrons. The fraction of sp³-hybridized carbons (Fsp3) is 0.364. The molecule has 0 aromatic carbocycles. The number of hydrogen-bond acceptors (Lipinski definition) is 5. The summed E-state index contributed by atoms with van der Waals surface area (Å²) in [5, 5.41) is 14.0. The Bertz CT molecular complexity index is 425. The van der Waals surface area contributed by atoms with E-state index in [1.54, 1.807) is 22.7 Å². The summed E-state index contributed by atoms with van der Waals surface area (Å²) in [6, 6.07) is 4.13. The SMILES string of the molecule is CN(CCO)Cc1csc(-c2cccs2)n1. The monoisotopic (exact) mass is 254 g/mol. The van der Waals surface area contributed by atoms with Crippen LogP contribution in [0, 0.1) is 0 Å². The highest BCUT2D eigenvalue weighted by Crippen LogP contribution is 2.27. The van der Waals surface area contributed by atoms with E-state index >= 15 is 0 Å². The van der Waals surface area contributed by atoms with Crippen LogP contribution in [0.2, 0.25) is 0 Å². The molecule has 1 N–H and O–H groups in total. The van der Waals surface area contributed by atoms with Crippen molar-refractivity contribution in [1.82, 2.24) is 9.88 Å². The van der Waals surface area contributed by atoms with Crippen molar-refractivity contribution in [2.45, 2.75) is 6.54 Å². The molecule has 16 heavy (non-hydrogen) atoms. The molecule has 0 radical (unpaired) electrons. The van der Waals surface area contributed by atoms with Crippen molar-refractivity contribution in [2.24, 2.45) is 0 Å². The Morgan fingerprint density at radius 2 is 2.31 bits per heavy atom. The van der Waals surface area contributed by atoms with E-state index in [1.165, 1.54) is 4.88 Å². The Hall–Kier alpha value is -0.750. The first-order chi connectivity index (χ1) is 7.79. The van der Waals surface area contributed by atoms with Crippen molar-refractivity contribution in [3.63, 3.8) is 0 Å². The molecular weight excluding hydrogens is 240 g/mol. The minimum atomic E-state index is 0.193. The number of aliphatic hydroxyl groups excluding tert-OH is 1.